The molecule has 0 saturated carbocycles. The summed E-state index contributed by atoms with van der Waals surface area (Å²) in [7, 11) is 2.07. The second-order valence-electron chi connectivity index (χ2n) is 4.17. The zero-order valence-corrected chi connectivity index (χ0v) is 9.11. The molecule has 1 aliphatic heterocycles. The van der Waals surface area contributed by atoms with E-state index in [0.29, 0.717) is 6.54 Å². The highest BCUT2D eigenvalue weighted by Crippen LogP contribution is 2.25. The Bertz CT molecular complexity index is 292. The predicted octanol–water partition coefficient (Wildman–Crippen LogP) is 0.829. The molecule has 0 aromatic carbocycles. The Morgan fingerprint density at radius 2 is 2.47 bits per heavy atom. The van der Waals surface area contributed by atoms with Gasteiger partial charge in [0.05, 0.1) is 25.0 Å². The van der Waals surface area contributed by atoms with Crippen molar-refractivity contribution in [1.29, 1.82) is 0 Å². The molecule has 1 saturated heterocycles. The van der Waals surface area contributed by atoms with E-state index in [9.17, 15) is 0 Å². The van der Waals surface area contributed by atoms with Crippen LogP contribution in [0.15, 0.2) is 22.8 Å². The van der Waals surface area contributed by atoms with E-state index in [-0.39, 0.29) is 5.54 Å². The highest BCUT2D eigenvalue weighted by Gasteiger charge is 2.37. The lowest BCUT2D eigenvalue weighted by molar-refractivity contribution is 0.0829. The lowest BCUT2D eigenvalue weighted by Gasteiger charge is -2.35. The molecule has 4 heteroatoms. The predicted molar refractivity (Wildman–Crippen MR) is 57.4 cm³/mol. The van der Waals surface area contributed by atoms with Gasteiger partial charge in [0, 0.05) is 13.2 Å². The van der Waals surface area contributed by atoms with E-state index >= 15 is 0 Å². The smallest absolute Gasteiger partial charge is 0.117 e. The molecule has 4 nitrogen and oxygen atoms in total. The van der Waals surface area contributed by atoms with Crippen LogP contribution in [0, 0.1) is 0 Å². The first kappa shape index (κ1) is 10.7. The molecule has 84 valence electrons. The Balaban J connectivity index is 2.02. The van der Waals surface area contributed by atoms with Gasteiger partial charge in [-0.25, -0.2) is 0 Å². The summed E-state index contributed by atoms with van der Waals surface area (Å²) in [6.45, 7) is 2.94. The van der Waals surface area contributed by atoms with E-state index in [1.807, 2.05) is 12.1 Å². The maximum absolute atomic E-state index is 5.85. The van der Waals surface area contributed by atoms with Crippen LogP contribution in [0.4, 0.5) is 0 Å². The molecule has 0 aliphatic carbocycles. The minimum atomic E-state index is -0.00715. The first-order valence-corrected chi connectivity index (χ1v) is 5.28. The number of ether oxygens (including phenoxy) is 1. The van der Waals surface area contributed by atoms with Crippen molar-refractivity contribution < 1.29 is 9.15 Å². The van der Waals surface area contributed by atoms with E-state index in [1.165, 1.54) is 0 Å². The fourth-order valence-electron chi connectivity index (χ4n) is 2.02. The summed E-state index contributed by atoms with van der Waals surface area (Å²) in [6, 6.07) is 3.89. The zero-order chi connectivity index (χ0) is 10.7. The SMILES string of the molecule is CN(Cc1ccco1)C1(CN)CCOC1. The zero-order valence-electron chi connectivity index (χ0n) is 9.11. The van der Waals surface area contributed by atoms with Gasteiger partial charge < -0.3 is 14.9 Å². The first-order chi connectivity index (χ1) is 7.27. The van der Waals surface area contributed by atoms with Gasteiger partial charge in [0.15, 0.2) is 0 Å². The third-order valence-electron chi connectivity index (χ3n) is 3.25. The van der Waals surface area contributed by atoms with Gasteiger partial charge in [0.1, 0.15) is 5.76 Å². The maximum Gasteiger partial charge on any atom is 0.117 e. The van der Waals surface area contributed by atoms with Gasteiger partial charge in [-0.05, 0) is 25.6 Å². The van der Waals surface area contributed by atoms with Gasteiger partial charge in [0.2, 0.25) is 0 Å². The van der Waals surface area contributed by atoms with Crippen LogP contribution in [-0.2, 0) is 11.3 Å². The van der Waals surface area contributed by atoms with Crippen LogP contribution < -0.4 is 5.73 Å². The fourth-order valence-corrected chi connectivity index (χ4v) is 2.02. The lowest BCUT2D eigenvalue weighted by Crippen LogP contribution is -2.52. The molecule has 0 bridgehead atoms. The van der Waals surface area contributed by atoms with Crippen molar-refractivity contribution in [3.8, 4) is 0 Å². The summed E-state index contributed by atoms with van der Waals surface area (Å²) in [4.78, 5) is 2.23. The number of rotatable bonds is 4. The summed E-state index contributed by atoms with van der Waals surface area (Å²) in [5.74, 6) is 0.970. The first-order valence-electron chi connectivity index (χ1n) is 5.28. The quantitative estimate of drug-likeness (QED) is 0.799. The topological polar surface area (TPSA) is 51.6 Å². The number of hydrogen-bond donors (Lipinski definition) is 1. The molecule has 2 rings (SSSR count). The molecule has 1 unspecified atom stereocenters. The summed E-state index contributed by atoms with van der Waals surface area (Å²) in [6.07, 6.45) is 2.70. The average Bonchev–Trinajstić information content (AvgIpc) is 2.87. The molecule has 1 aromatic heterocycles. The Morgan fingerprint density at radius 3 is 3.00 bits per heavy atom. The molecular weight excluding hydrogens is 192 g/mol. The third-order valence-corrected chi connectivity index (χ3v) is 3.25. The van der Waals surface area contributed by atoms with Crippen LogP contribution in [0.3, 0.4) is 0 Å². The van der Waals surface area contributed by atoms with Crippen molar-refractivity contribution in [2.24, 2.45) is 5.73 Å². The van der Waals surface area contributed by atoms with Crippen molar-refractivity contribution >= 4 is 0 Å². The molecule has 15 heavy (non-hydrogen) atoms. The van der Waals surface area contributed by atoms with E-state index in [2.05, 4.69) is 11.9 Å². The molecule has 2 N–H and O–H groups in total. The van der Waals surface area contributed by atoms with Gasteiger partial charge >= 0.3 is 0 Å². The molecule has 0 amide bonds. The van der Waals surface area contributed by atoms with Crippen molar-refractivity contribution in [1.82, 2.24) is 4.90 Å². The summed E-state index contributed by atoms with van der Waals surface area (Å²) in [5.41, 5.74) is 5.84. The van der Waals surface area contributed by atoms with Gasteiger partial charge in [-0.2, -0.15) is 0 Å². The van der Waals surface area contributed by atoms with Crippen LogP contribution >= 0.6 is 0 Å². The molecule has 0 spiro atoms. The third kappa shape index (κ3) is 2.07. The molecule has 1 aromatic rings. The number of likely N-dealkylation sites (N-methyl/N-ethyl adjacent to an activating group) is 1. The van der Waals surface area contributed by atoms with E-state index < -0.39 is 0 Å². The van der Waals surface area contributed by atoms with Crippen LogP contribution in [0.25, 0.3) is 0 Å². The molecule has 1 aliphatic rings. The minimum absolute atomic E-state index is 0.00715. The van der Waals surface area contributed by atoms with Gasteiger partial charge in [-0.1, -0.05) is 0 Å². The van der Waals surface area contributed by atoms with E-state index in [0.717, 1.165) is 31.9 Å². The van der Waals surface area contributed by atoms with Crippen LogP contribution in [0.5, 0.6) is 0 Å². The van der Waals surface area contributed by atoms with Gasteiger partial charge in [-0.3, -0.25) is 4.90 Å². The highest BCUT2D eigenvalue weighted by molar-refractivity contribution is 5.01. The normalized spacial score (nSPS) is 26.3. The fraction of sp³-hybridized carbons (Fsp3) is 0.636. The molecule has 0 radical (unpaired) electrons. The van der Waals surface area contributed by atoms with Gasteiger partial charge in [-0.15, -0.1) is 0 Å². The lowest BCUT2D eigenvalue weighted by atomic mass is 9.97. The number of nitrogens with zero attached hydrogens (tertiary/aromatic N) is 1. The summed E-state index contributed by atoms with van der Waals surface area (Å²) < 4.78 is 10.8. The summed E-state index contributed by atoms with van der Waals surface area (Å²) in [5, 5.41) is 0. The van der Waals surface area contributed by atoms with Crippen LogP contribution in [0.1, 0.15) is 12.2 Å². The Hall–Kier alpha value is -0.840. The second-order valence-corrected chi connectivity index (χ2v) is 4.17. The van der Waals surface area contributed by atoms with Crippen molar-refractivity contribution in [2.75, 3.05) is 26.8 Å². The summed E-state index contributed by atoms with van der Waals surface area (Å²) >= 11 is 0. The minimum Gasteiger partial charge on any atom is -0.468 e. The molecule has 1 atom stereocenters. The molecular formula is C11H18N2O2. The monoisotopic (exact) mass is 210 g/mol. The standard InChI is InChI=1S/C11H18N2O2/c1-13(7-10-3-2-5-15-10)11(8-12)4-6-14-9-11/h2-3,5H,4,6-9,12H2,1H3. The largest absolute Gasteiger partial charge is 0.468 e. The Kier molecular flexibility index (Phi) is 3.09. The second kappa shape index (κ2) is 4.35. The number of hydrogen-bond acceptors (Lipinski definition) is 4. The Labute approximate surface area is 90.0 Å². The van der Waals surface area contributed by atoms with Crippen molar-refractivity contribution in [2.45, 2.75) is 18.5 Å². The van der Waals surface area contributed by atoms with Crippen LogP contribution in [-0.4, -0.2) is 37.2 Å². The van der Waals surface area contributed by atoms with E-state index in [1.54, 1.807) is 6.26 Å². The Morgan fingerprint density at radius 1 is 1.60 bits per heavy atom. The van der Waals surface area contributed by atoms with Gasteiger partial charge in [0.25, 0.3) is 0 Å². The molecule has 1 fully saturated rings. The molecule has 2 heterocycles. The highest BCUT2D eigenvalue weighted by atomic mass is 16.5. The number of nitrogens with two attached hydrogens (primary N) is 1. The van der Waals surface area contributed by atoms with Crippen molar-refractivity contribution in [3.05, 3.63) is 24.2 Å². The van der Waals surface area contributed by atoms with E-state index in [4.69, 9.17) is 14.9 Å². The number of furan rings is 1. The van der Waals surface area contributed by atoms with Crippen molar-refractivity contribution in [3.63, 3.8) is 0 Å². The average molecular weight is 210 g/mol. The van der Waals surface area contributed by atoms with Crippen LogP contribution in [0.2, 0.25) is 0 Å². The maximum atomic E-state index is 5.85.